The second-order valence-corrected chi connectivity index (χ2v) is 5.21. The molecule has 0 aliphatic carbocycles. The molecule has 1 heterocycles. The highest BCUT2D eigenvalue weighted by molar-refractivity contribution is 5.86. The number of hydrogen-bond acceptors (Lipinski definition) is 3. The van der Waals surface area contributed by atoms with E-state index in [0.717, 1.165) is 13.0 Å². The number of amides is 2. The number of likely N-dealkylation sites (N-methyl/N-ethyl adjacent to an activating group) is 1. The maximum atomic E-state index is 12.3. The van der Waals surface area contributed by atoms with Gasteiger partial charge in [0.05, 0.1) is 12.5 Å². The van der Waals surface area contributed by atoms with Crippen molar-refractivity contribution < 1.29 is 9.59 Å². The maximum Gasteiger partial charge on any atom is 0.239 e. The Balaban J connectivity index is 2.54. The predicted octanol–water partition coefficient (Wildman–Crippen LogP) is 0.358. The van der Waals surface area contributed by atoms with Gasteiger partial charge in [0.15, 0.2) is 0 Å². The summed E-state index contributed by atoms with van der Waals surface area (Å²) >= 11 is 0. The zero-order valence-corrected chi connectivity index (χ0v) is 11.8. The van der Waals surface area contributed by atoms with E-state index >= 15 is 0 Å². The topological polar surface area (TPSA) is 61.4 Å². The molecule has 2 amide bonds. The highest BCUT2D eigenvalue weighted by Gasteiger charge is 2.32. The minimum absolute atomic E-state index is 0.0109. The van der Waals surface area contributed by atoms with E-state index in [1.807, 2.05) is 27.7 Å². The fourth-order valence-electron chi connectivity index (χ4n) is 2.32. The third kappa shape index (κ3) is 3.98. The van der Waals surface area contributed by atoms with Crippen molar-refractivity contribution in [3.63, 3.8) is 0 Å². The van der Waals surface area contributed by atoms with Gasteiger partial charge in [0, 0.05) is 18.6 Å². The molecular formula is C13H25N3O2. The summed E-state index contributed by atoms with van der Waals surface area (Å²) in [6.45, 7) is 9.39. The second kappa shape index (κ2) is 6.73. The van der Waals surface area contributed by atoms with Gasteiger partial charge in [0.2, 0.25) is 11.8 Å². The Hall–Kier alpha value is -1.10. The van der Waals surface area contributed by atoms with Gasteiger partial charge in [-0.15, -0.1) is 0 Å². The summed E-state index contributed by atoms with van der Waals surface area (Å²) in [6.07, 6.45) is 0.863. The minimum atomic E-state index is -0.0844. The number of nitrogens with zero attached hydrogens (tertiary/aromatic N) is 1. The third-order valence-corrected chi connectivity index (χ3v) is 3.32. The summed E-state index contributed by atoms with van der Waals surface area (Å²) in [7, 11) is 0. The van der Waals surface area contributed by atoms with Gasteiger partial charge in [-0.05, 0) is 40.7 Å². The van der Waals surface area contributed by atoms with Crippen molar-refractivity contribution >= 4 is 11.8 Å². The maximum absolute atomic E-state index is 12.3. The van der Waals surface area contributed by atoms with Gasteiger partial charge in [0.1, 0.15) is 0 Å². The zero-order valence-electron chi connectivity index (χ0n) is 11.8. The van der Waals surface area contributed by atoms with E-state index in [0.29, 0.717) is 6.54 Å². The van der Waals surface area contributed by atoms with E-state index in [9.17, 15) is 9.59 Å². The number of carbonyl (C=O) groups excluding carboxylic acids is 2. The number of rotatable bonds is 5. The molecule has 0 aromatic rings. The first-order chi connectivity index (χ1) is 8.45. The van der Waals surface area contributed by atoms with Crippen LogP contribution in [0.2, 0.25) is 0 Å². The van der Waals surface area contributed by atoms with Crippen molar-refractivity contribution in [3.8, 4) is 0 Å². The van der Waals surface area contributed by atoms with Crippen molar-refractivity contribution in [2.24, 2.45) is 5.92 Å². The van der Waals surface area contributed by atoms with Crippen molar-refractivity contribution in [1.29, 1.82) is 0 Å². The largest absolute Gasteiger partial charge is 0.352 e. The second-order valence-electron chi connectivity index (χ2n) is 5.21. The van der Waals surface area contributed by atoms with Crippen LogP contribution in [-0.2, 0) is 9.59 Å². The Morgan fingerprint density at radius 3 is 2.56 bits per heavy atom. The average molecular weight is 255 g/mol. The van der Waals surface area contributed by atoms with Crippen LogP contribution >= 0.6 is 0 Å². The lowest BCUT2D eigenvalue weighted by atomic mass is 10.0. The standard InChI is InChI=1S/C13H25N3O2/c1-5-16(8-12(17)15-9(2)3)13(18)11-6-7-14-10(11)4/h9-11,14H,5-8H2,1-4H3,(H,15,17). The van der Waals surface area contributed by atoms with Crippen LogP contribution in [0.4, 0.5) is 0 Å². The molecule has 1 saturated heterocycles. The molecule has 1 rings (SSSR count). The number of carbonyl (C=O) groups is 2. The van der Waals surface area contributed by atoms with Gasteiger partial charge < -0.3 is 15.5 Å². The third-order valence-electron chi connectivity index (χ3n) is 3.32. The lowest BCUT2D eigenvalue weighted by Crippen LogP contribution is -2.46. The normalized spacial score (nSPS) is 23.2. The van der Waals surface area contributed by atoms with Crippen LogP contribution in [0.15, 0.2) is 0 Å². The molecule has 2 N–H and O–H groups in total. The van der Waals surface area contributed by atoms with Gasteiger partial charge in [-0.2, -0.15) is 0 Å². The summed E-state index contributed by atoms with van der Waals surface area (Å²) in [6, 6.07) is 0.318. The van der Waals surface area contributed by atoms with E-state index in [1.54, 1.807) is 4.90 Å². The predicted molar refractivity (Wildman–Crippen MR) is 71.1 cm³/mol. The van der Waals surface area contributed by atoms with Gasteiger partial charge in [-0.3, -0.25) is 9.59 Å². The van der Waals surface area contributed by atoms with Gasteiger partial charge in [-0.1, -0.05) is 0 Å². The molecule has 104 valence electrons. The molecule has 2 atom stereocenters. The van der Waals surface area contributed by atoms with E-state index in [1.165, 1.54) is 0 Å². The fraction of sp³-hybridized carbons (Fsp3) is 0.846. The van der Waals surface area contributed by atoms with E-state index in [-0.39, 0.29) is 36.4 Å². The minimum Gasteiger partial charge on any atom is -0.352 e. The highest BCUT2D eigenvalue weighted by atomic mass is 16.2. The Labute approximate surface area is 109 Å². The van der Waals surface area contributed by atoms with Crippen LogP contribution in [0.3, 0.4) is 0 Å². The smallest absolute Gasteiger partial charge is 0.239 e. The molecule has 0 bridgehead atoms. The Morgan fingerprint density at radius 1 is 1.44 bits per heavy atom. The summed E-state index contributed by atoms with van der Waals surface area (Å²) in [5.41, 5.74) is 0. The molecule has 18 heavy (non-hydrogen) atoms. The quantitative estimate of drug-likeness (QED) is 0.745. The lowest BCUT2D eigenvalue weighted by Gasteiger charge is -2.25. The molecule has 0 aromatic heterocycles. The Morgan fingerprint density at radius 2 is 2.11 bits per heavy atom. The average Bonchev–Trinajstić information content (AvgIpc) is 2.70. The number of nitrogens with one attached hydrogen (secondary N) is 2. The lowest BCUT2D eigenvalue weighted by molar-refractivity contribution is -0.139. The van der Waals surface area contributed by atoms with Crippen molar-refractivity contribution in [2.75, 3.05) is 19.6 Å². The molecule has 5 nitrogen and oxygen atoms in total. The molecule has 5 heteroatoms. The summed E-state index contributed by atoms with van der Waals surface area (Å²) in [5.74, 6) is 0.0181. The molecule has 1 aliphatic heterocycles. The Kier molecular flexibility index (Phi) is 5.59. The molecular weight excluding hydrogens is 230 g/mol. The van der Waals surface area contributed by atoms with Gasteiger partial charge >= 0.3 is 0 Å². The van der Waals surface area contributed by atoms with E-state index < -0.39 is 0 Å². The monoisotopic (exact) mass is 255 g/mol. The SMILES string of the molecule is CCN(CC(=O)NC(C)C)C(=O)C1CCNC1C. The molecule has 2 unspecified atom stereocenters. The van der Waals surface area contributed by atoms with Crippen molar-refractivity contribution in [2.45, 2.75) is 46.2 Å². The zero-order chi connectivity index (χ0) is 13.7. The van der Waals surface area contributed by atoms with E-state index in [2.05, 4.69) is 10.6 Å². The molecule has 0 radical (unpaired) electrons. The Bertz CT molecular complexity index is 305. The molecule has 1 aliphatic rings. The van der Waals surface area contributed by atoms with E-state index in [4.69, 9.17) is 0 Å². The van der Waals surface area contributed by atoms with Crippen LogP contribution in [0.5, 0.6) is 0 Å². The van der Waals surface area contributed by atoms with Gasteiger partial charge in [0.25, 0.3) is 0 Å². The first-order valence-electron chi connectivity index (χ1n) is 6.77. The van der Waals surface area contributed by atoms with Crippen molar-refractivity contribution in [3.05, 3.63) is 0 Å². The molecule has 0 aromatic carbocycles. The fourth-order valence-corrected chi connectivity index (χ4v) is 2.32. The molecule has 1 fully saturated rings. The van der Waals surface area contributed by atoms with Crippen molar-refractivity contribution in [1.82, 2.24) is 15.5 Å². The van der Waals surface area contributed by atoms with Crippen LogP contribution in [-0.4, -0.2) is 48.4 Å². The van der Waals surface area contributed by atoms with Crippen LogP contribution in [0, 0.1) is 5.92 Å². The first-order valence-corrected chi connectivity index (χ1v) is 6.77. The molecule has 0 spiro atoms. The summed E-state index contributed by atoms with van der Waals surface area (Å²) < 4.78 is 0. The van der Waals surface area contributed by atoms with Gasteiger partial charge in [-0.25, -0.2) is 0 Å². The first kappa shape index (κ1) is 15.0. The molecule has 0 saturated carbocycles. The van der Waals surface area contributed by atoms with Crippen LogP contribution in [0.25, 0.3) is 0 Å². The summed E-state index contributed by atoms with van der Waals surface area (Å²) in [4.78, 5) is 25.7. The van der Waals surface area contributed by atoms with Crippen LogP contribution < -0.4 is 10.6 Å². The van der Waals surface area contributed by atoms with Crippen LogP contribution in [0.1, 0.15) is 34.1 Å². The number of hydrogen-bond donors (Lipinski definition) is 2. The highest BCUT2D eigenvalue weighted by Crippen LogP contribution is 2.17. The summed E-state index contributed by atoms with van der Waals surface area (Å²) in [5, 5.41) is 6.08.